The molecule has 2 rings (SSSR count). The van der Waals surface area contributed by atoms with Crippen LogP contribution in [0.15, 0.2) is 24.3 Å². The maximum Gasteiger partial charge on any atom is 0.0691 e. The van der Waals surface area contributed by atoms with Crippen molar-refractivity contribution in [2.24, 2.45) is 0 Å². The second-order valence-corrected chi connectivity index (χ2v) is 7.50. The van der Waals surface area contributed by atoms with E-state index in [0.29, 0.717) is 6.42 Å². The van der Waals surface area contributed by atoms with Crippen molar-refractivity contribution in [2.45, 2.75) is 58.8 Å². The summed E-state index contributed by atoms with van der Waals surface area (Å²) in [6, 6.07) is 8.12. The quantitative estimate of drug-likeness (QED) is 0.847. The van der Waals surface area contributed by atoms with E-state index in [1.165, 1.54) is 0 Å². The molecule has 21 heavy (non-hydrogen) atoms. The lowest BCUT2D eigenvalue weighted by molar-refractivity contribution is 0.554. The Kier molecular flexibility index (Phi) is 4.08. The molecule has 0 saturated heterocycles. The largest absolute Gasteiger partial charge is 0.155 e. The van der Waals surface area contributed by atoms with Gasteiger partial charge in [-0.3, -0.25) is 0 Å². The Morgan fingerprint density at radius 1 is 0.619 bits per heavy atom. The van der Waals surface area contributed by atoms with Crippen LogP contribution in [-0.4, -0.2) is 20.4 Å². The molecule has 0 radical (unpaired) electrons. The third kappa shape index (κ3) is 4.06. The second-order valence-electron chi connectivity index (χ2n) is 7.50. The molecule has 0 amide bonds. The van der Waals surface area contributed by atoms with Gasteiger partial charge < -0.3 is 0 Å². The van der Waals surface area contributed by atoms with Gasteiger partial charge in [0.05, 0.1) is 22.8 Å². The van der Waals surface area contributed by atoms with E-state index in [2.05, 4.69) is 61.9 Å². The molecule has 0 aliphatic rings. The van der Waals surface area contributed by atoms with Gasteiger partial charge in [0.15, 0.2) is 0 Å². The first-order valence-corrected chi connectivity index (χ1v) is 7.32. The van der Waals surface area contributed by atoms with Crippen LogP contribution in [-0.2, 0) is 17.3 Å². The normalized spacial score (nSPS) is 12.5. The summed E-state index contributed by atoms with van der Waals surface area (Å²) >= 11 is 0. The Balaban J connectivity index is 2.12. The molecule has 0 aliphatic carbocycles. The Hall–Kier alpha value is -1.84. The maximum absolute atomic E-state index is 4.30. The van der Waals surface area contributed by atoms with Crippen LogP contribution in [0.4, 0.5) is 0 Å². The van der Waals surface area contributed by atoms with Gasteiger partial charge >= 0.3 is 0 Å². The van der Waals surface area contributed by atoms with Gasteiger partial charge in [0, 0.05) is 17.3 Å². The molecule has 4 heteroatoms. The van der Waals surface area contributed by atoms with Crippen LogP contribution < -0.4 is 0 Å². The molecule has 0 spiro atoms. The minimum Gasteiger partial charge on any atom is -0.155 e. The fourth-order valence-corrected chi connectivity index (χ4v) is 1.89. The molecule has 0 fully saturated rings. The lowest BCUT2D eigenvalue weighted by Gasteiger charge is -2.17. The lowest BCUT2D eigenvalue weighted by Crippen LogP contribution is -2.15. The van der Waals surface area contributed by atoms with Crippen LogP contribution >= 0.6 is 0 Å². The minimum absolute atomic E-state index is 0.0275. The number of nitrogens with zero attached hydrogens (tertiary/aromatic N) is 4. The fourth-order valence-electron chi connectivity index (χ4n) is 1.89. The van der Waals surface area contributed by atoms with Crippen molar-refractivity contribution < 1.29 is 0 Å². The molecule has 4 nitrogen and oxygen atoms in total. The van der Waals surface area contributed by atoms with Crippen molar-refractivity contribution in [1.82, 2.24) is 20.4 Å². The Morgan fingerprint density at radius 2 is 1.00 bits per heavy atom. The molecule has 2 aromatic heterocycles. The van der Waals surface area contributed by atoms with Gasteiger partial charge in [-0.2, -0.15) is 20.4 Å². The third-order valence-corrected chi connectivity index (χ3v) is 3.34. The molecule has 0 saturated carbocycles. The number of hydrogen-bond acceptors (Lipinski definition) is 4. The van der Waals surface area contributed by atoms with E-state index in [4.69, 9.17) is 0 Å². The van der Waals surface area contributed by atoms with E-state index < -0.39 is 0 Å². The summed E-state index contributed by atoms with van der Waals surface area (Å²) in [6.07, 6.45) is 0.662. The van der Waals surface area contributed by atoms with Gasteiger partial charge in [-0.05, 0) is 24.3 Å². The van der Waals surface area contributed by atoms with Crippen LogP contribution in [0.5, 0.6) is 0 Å². The van der Waals surface area contributed by atoms with Crippen molar-refractivity contribution in [1.29, 1.82) is 0 Å². The molecule has 112 valence electrons. The van der Waals surface area contributed by atoms with E-state index in [1.807, 2.05) is 24.3 Å². The molecule has 0 atom stereocenters. The van der Waals surface area contributed by atoms with Gasteiger partial charge in [0.25, 0.3) is 0 Å². The molecule has 2 heterocycles. The monoisotopic (exact) mass is 284 g/mol. The first kappa shape index (κ1) is 15.5. The molecule has 0 unspecified atom stereocenters. The average molecular weight is 284 g/mol. The highest BCUT2D eigenvalue weighted by molar-refractivity contribution is 5.20. The summed E-state index contributed by atoms with van der Waals surface area (Å²) in [5.41, 5.74) is 3.89. The number of rotatable bonds is 2. The predicted octanol–water partition coefficient (Wildman–Crippen LogP) is 3.45. The van der Waals surface area contributed by atoms with E-state index in [1.54, 1.807) is 0 Å². The van der Waals surface area contributed by atoms with Crippen molar-refractivity contribution in [3.8, 4) is 0 Å². The SMILES string of the molecule is CC(C)(C)c1ccc(Cc2ccc(C(C)(C)C)nn2)nn1. The summed E-state index contributed by atoms with van der Waals surface area (Å²) in [7, 11) is 0. The van der Waals surface area contributed by atoms with Crippen molar-refractivity contribution in [3.63, 3.8) is 0 Å². The van der Waals surface area contributed by atoms with Crippen molar-refractivity contribution >= 4 is 0 Å². The Bertz CT molecular complexity index is 531. The van der Waals surface area contributed by atoms with Gasteiger partial charge in [0.1, 0.15) is 0 Å². The zero-order chi connectivity index (χ0) is 15.7. The predicted molar refractivity (Wildman–Crippen MR) is 84.3 cm³/mol. The van der Waals surface area contributed by atoms with Crippen LogP contribution in [0.1, 0.15) is 64.3 Å². The van der Waals surface area contributed by atoms with Crippen molar-refractivity contribution in [3.05, 3.63) is 47.0 Å². The first-order valence-electron chi connectivity index (χ1n) is 7.32. The van der Waals surface area contributed by atoms with Gasteiger partial charge in [-0.25, -0.2) is 0 Å². The van der Waals surface area contributed by atoms with E-state index in [9.17, 15) is 0 Å². The molecule has 2 aromatic rings. The molecular formula is C17H24N4. The first-order chi connectivity index (χ1) is 9.66. The summed E-state index contributed by atoms with van der Waals surface area (Å²) in [6.45, 7) is 12.8. The average Bonchev–Trinajstić information content (AvgIpc) is 2.38. The standard InChI is InChI=1S/C17H24N4/c1-16(2,3)14-9-7-12(18-20-14)11-13-8-10-15(21-19-13)17(4,5)6/h7-10H,11H2,1-6H3. The zero-order valence-electron chi connectivity index (χ0n) is 13.8. The van der Waals surface area contributed by atoms with Crippen LogP contribution in [0.25, 0.3) is 0 Å². The summed E-state index contributed by atoms with van der Waals surface area (Å²) in [5, 5.41) is 17.2. The summed E-state index contributed by atoms with van der Waals surface area (Å²) in [5.74, 6) is 0. The highest BCUT2D eigenvalue weighted by Gasteiger charge is 2.17. The summed E-state index contributed by atoms with van der Waals surface area (Å²) < 4.78 is 0. The lowest BCUT2D eigenvalue weighted by atomic mass is 9.92. The molecule has 0 N–H and O–H groups in total. The van der Waals surface area contributed by atoms with Crippen LogP contribution in [0.3, 0.4) is 0 Å². The maximum atomic E-state index is 4.30. The Labute approximate surface area is 127 Å². The topological polar surface area (TPSA) is 51.6 Å². The van der Waals surface area contributed by atoms with E-state index in [0.717, 1.165) is 22.8 Å². The Morgan fingerprint density at radius 3 is 1.24 bits per heavy atom. The van der Waals surface area contributed by atoms with Gasteiger partial charge in [-0.15, -0.1) is 0 Å². The van der Waals surface area contributed by atoms with Gasteiger partial charge in [-0.1, -0.05) is 41.5 Å². The zero-order valence-corrected chi connectivity index (χ0v) is 13.8. The molecule has 0 aliphatic heterocycles. The minimum atomic E-state index is 0.0275. The number of aromatic nitrogens is 4. The van der Waals surface area contributed by atoms with Gasteiger partial charge in [0.2, 0.25) is 0 Å². The van der Waals surface area contributed by atoms with Crippen LogP contribution in [0, 0.1) is 0 Å². The van der Waals surface area contributed by atoms with E-state index >= 15 is 0 Å². The van der Waals surface area contributed by atoms with Crippen molar-refractivity contribution in [2.75, 3.05) is 0 Å². The number of hydrogen-bond donors (Lipinski definition) is 0. The highest BCUT2D eigenvalue weighted by atomic mass is 15.1. The highest BCUT2D eigenvalue weighted by Crippen LogP contribution is 2.20. The third-order valence-electron chi connectivity index (χ3n) is 3.34. The molecular weight excluding hydrogens is 260 g/mol. The second kappa shape index (κ2) is 5.51. The van der Waals surface area contributed by atoms with Crippen LogP contribution in [0.2, 0.25) is 0 Å². The summed E-state index contributed by atoms with van der Waals surface area (Å²) in [4.78, 5) is 0. The smallest absolute Gasteiger partial charge is 0.0691 e. The molecule has 0 bridgehead atoms. The van der Waals surface area contributed by atoms with E-state index in [-0.39, 0.29) is 10.8 Å². The fraction of sp³-hybridized carbons (Fsp3) is 0.529. The molecule has 0 aromatic carbocycles.